The molecule has 130 valence electrons. The van der Waals surface area contributed by atoms with Crippen molar-refractivity contribution in [1.82, 2.24) is 9.99 Å². The van der Waals surface area contributed by atoms with Gasteiger partial charge in [0.2, 0.25) is 0 Å². The van der Waals surface area contributed by atoms with Crippen LogP contribution < -0.4 is 5.43 Å². The molecular weight excluding hydrogens is 400 g/mol. The zero-order valence-corrected chi connectivity index (χ0v) is 15.0. The molecule has 1 aromatic heterocycles. The molecule has 1 N–H and O–H groups in total. The molecule has 0 bridgehead atoms. The number of carbonyl (C=O) groups is 1. The second kappa shape index (κ2) is 7.75. The first-order chi connectivity index (χ1) is 12.5. The van der Waals surface area contributed by atoms with Crippen molar-refractivity contribution in [3.05, 3.63) is 92.7 Å². The van der Waals surface area contributed by atoms with Crippen LogP contribution in [0.25, 0.3) is 5.69 Å². The van der Waals surface area contributed by atoms with Gasteiger partial charge in [0.1, 0.15) is 0 Å². The molecule has 0 fully saturated rings. The van der Waals surface area contributed by atoms with Gasteiger partial charge in [0.15, 0.2) is 0 Å². The number of halogens is 1. The van der Waals surface area contributed by atoms with Gasteiger partial charge in [0.25, 0.3) is 11.6 Å². The summed E-state index contributed by atoms with van der Waals surface area (Å²) in [7, 11) is 0. The first-order valence-electron chi connectivity index (χ1n) is 7.56. The zero-order chi connectivity index (χ0) is 18.5. The lowest BCUT2D eigenvalue weighted by Crippen LogP contribution is -2.18. The van der Waals surface area contributed by atoms with E-state index in [4.69, 9.17) is 0 Å². The van der Waals surface area contributed by atoms with Crippen LogP contribution in [0, 0.1) is 10.1 Å². The standard InChI is InChI=1S/C18H13BrN4O3/c19-14-5-2-6-15(11-14)22-9-3-8-17(22)12-20-21-18(24)13-4-1-7-16(10-13)23(25)26/h1-12H,(H,21,24)/b20-12-. The minimum Gasteiger partial charge on any atom is -0.316 e. The summed E-state index contributed by atoms with van der Waals surface area (Å²) >= 11 is 3.43. The van der Waals surface area contributed by atoms with Gasteiger partial charge in [-0.05, 0) is 36.4 Å². The molecule has 0 saturated heterocycles. The van der Waals surface area contributed by atoms with Crippen molar-refractivity contribution < 1.29 is 9.72 Å². The van der Waals surface area contributed by atoms with Gasteiger partial charge >= 0.3 is 0 Å². The molecule has 0 radical (unpaired) electrons. The minimum absolute atomic E-state index is 0.148. The molecule has 0 spiro atoms. The van der Waals surface area contributed by atoms with Gasteiger partial charge in [-0.1, -0.05) is 28.1 Å². The molecule has 1 amide bonds. The van der Waals surface area contributed by atoms with Gasteiger partial charge in [-0.15, -0.1) is 0 Å². The maximum absolute atomic E-state index is 12.1. The minimum atomic E-state index is -0.551. The van der Waals surface area contributed by atoms with E-state index in [1.54, 1.807) is 0 Å². The van der Waals surface area contributed by atoms with E-state index in [1.807, 2.05) is 47.2 Å². The number of carbonyl (C=O) groups excluding carboxylic acids is 1. The third-order valence-corrected chi connectivity index (χ3v) is 4.04. The summed E-state index contributed by atoms with van der Waals surface area (Å²) in [5.41, 5.74) is 4.10. The highest BCUT2D eigenvalue weighted by molar-refractivity contribution is 9.10. The van der Waals surface area contributed by atoms with Gasteiger partial charge in [-0.25, -0.2) is 5.43 Å². The molecule has 0 aliphatic rings. The molecule has 26 heavy (non-hydrogen) atoms. The highest BCUT2D eigenvalue weighted by Gasteiger charge is 2.10. The van der Waals surface area contributed by atoms with Crippen molar-refractivity contribution in [1.29, 1.82) is 0 Å². The van der Waals surface area contributed by atoms with Crippen LogP contribution in [0.2, 0.25) is 0 Å². The van der Waals surface area contributed by atoms with Crippen molar-refractivity contribution in [2.45, 2.75) is 0 Å². The Hall–Kier alpha value is -3.26. The number of nitrogens with one attached hydrogen (secondary N) is 1. The van der Waals surface area contributed by atoms with E-state index in [2.05, 4.69) is 26.5 Å². The Labute approximate surface area is 157 Å². The summed E-state index contributed by atoms with van der Waals surface area (Å²) in [4.78, 5) is 22.3. The number of amides is 1. The normalized spacial score (nSPS) is 10.8. The smallest absolute Gasteiger partial charge is 0.271 e. The lowest BCUT2D eigenvalue weighted by atomic mass is 10.2. The number of hydrogen-bond acceptors (Lipinski definition) is 4. The van der Waals surface area contributed by atoms with E-state index < -0.39 is 10.8 Å². The second-order valence-electron chi connectivity index (χ2n) is 5.29. The van der Waals surface area contributed by atoms with Crippen molar-refractivity contribution in [2.75, 3.05) is 0 Å². The monoisotopic (exact) mass is 412 g/mol. The summed E-state index contributed by atoms with van der Waals surface area (Å²) in [6.45, 7) is 0. The predicted octanol–water partition coefficient (Wildman–Crippen LogP) is 3.91. The number of hydrogen-bond donors (Lipinski definition) is 1. The quantitative estimate of drug-likeness (QED) is 0.391. The maximum atomic E-state index is 12.1. The topological polar surface area (TPSA) is 89.5 Å². The number of rotatable bonds is 5. The number of aromatic nitrogens is 1. The SMILES string of the molecule is O=C(N/N=C\c1cccn1-c1cccc(Br)c1)c1cccc([N+](=O)[O-])c1. The molecule has 0 atom stereocenters. The molecule has 2 aromatic carbocycles. The Kier molecular flexibility index (Phi) is 5.23. The molecule has 0 unspecified atom stereocenters. The summed E-state index contributed by atoms with van der Waals surface area (Å²) in [5.74, 6) is -0.523. The molecule has 0 saturated carbocycles. The van der Waals surface area contributed by atoms with E-state index in [1.165, 1.54) is 30.5 Å². The number of non-ortho nitro benzene ring substituents is 1. The van der Waals surface area contributed by atoms with E-state index in [0.717, 1.165) is 15.9 Å². The van der Waals surface area contributed by atoms with E-state index in [-0.39, 0.29) is 11.3 Å². The third-order valence-electron chi connectivity index (χ3n) is 3.55. The van der Waals surface area contributed by atoms with Gasteiger partial charge in [0.05, 0.1) is 16.8 Å². The highest BCUT2D eigenvalue weighted by atomic mass is 79.9. The Morgan fingerprint density at radius 2 is 1.96 bits per heavy atom. The molecule has 8 heteroatoms. The molecule has 7 nitrogen and oxygen atoms in total. The van der Waals surface area contributed by atoms with Crippen LogP contribution >= 0.6 is 15.9 Å². The van der Waals surface area contributed by atoms with Crippen molar-refractivity contribution in [3.63, 3.8) is 0 Å². The predicted molar refractivity (Wildman–Crippen MR) is 102 cm³/mol. The average molecular weight is 413 g/mol. The Morgan fingerprint density at radius 3 is 2.73 bits per heavy atom. The fourth-order valence-corrected chi connectivity index (χ4v) is 2.73. The fraction of sp³-hybridized carbons (Fsp3) is 0. The number of nitro benzene ring substituents is 1. The molecule has 1 heterocycles. The van der Waals surface area contributed by atoms with Gasteiger partial charge in [-0.2, -0.15) is 5.10 Å². The molecule has 0 aliphatic carbocycles. The second-order valence-corrected chi connectivity index (χ2v) is 6.21. The zero-order valence-electron chi connectivity index (χ0n) is 13.4. The van der Waals surface area contributed by atoms with Gasteiger partial charge in [-0.3, -0.25) is 14.9 Å². The van der Waals surface area contributed by atoms with Gasteiger partial charge in [0, 0.05) is 34.1 Å². The fourth-order valence-electron chi connectivity index (χ4n) is 2.34. The maximum Gasteiger partial charge on any atom is 0.271 e. The average Bonchev–Trinajstić information content (AvgIpc) is 3.10. The number of nitro groups is 1. The Balaban J connectivity index is 1.74. The van der Waals surface area contributed by atoms with Crippen molar-refractivity contribution >= 4 is 33.7 Å². The lowest BCUT2D eigenvalue weighted by Gasteiger charge is -2.06. The largest absolute Gasteiger partial charge is 0.316 e. The Bertz CT molecular complexity index is 997. The summed E-state index contributed by atoms with van der Waals surface area (Å²) in [6.07, 6.45) is 3.39. The Morgan fingerprint density at radius 1 is 1.15 bits per heavy atom. The van der Waals surface area contributed by atoms with Crippen molar-refractivity contribution in [2.24, 2.45) is 5.10 Å². The molecule has 3 rings (SSSR count). The van der Waals surface area contributed by atoms with Gasteiger partial charge < -0.3 is 4.57 Å². The van der Waals surface area contributed by atoms with Crippen LogP contribution in [-0.2, 0) is 0 Å². The van der Waals surface area contributed by atoms with Crippen LogP contribution in [0.5, 0.6) is 0 Å². The summed E-state index contributed by atoms with van der Waals surface area (Å²) in [5, 5.41) is 14.7. The van der Waals surface area contributed by atoms with Crippen LogP contribution in [0.15, 0.2) is 76.4 Å². The van der Waals surface area contributed by atoms with Crippen LogP contribution in [0.4, 0.5) is 5.69 Å². The highest BCUT2D eigenvalue weighted by Crippen LogP contribution is 2.17. The number of nitrogens with zero attached hydrogens (tertiary/aromatic N) is 3. The van der Waals surface area contributed by atoms with Crippen LogP contribution in [-0.4, -0.2) is 21.6 Å². The van der Waals surface area contributed by atoms with E-state index in [9.17, 15) is 14.9 Å². The van der Waals surface area contributed by atoms with Crippen LogP contribution in [0.3, 0.4) is 0 Å². The van der Waals surface area contributed by atoms with Crippen molar-refractivity contribution in [3.8, 4) is 5.69 Å². The summed E-state index contributed by atoms with van der Waals surface area (Å²) < 4.78 is 2.86. The van der Waals surface area contributed by atoms with E-state index >= 15 is 0 Å². The molecule has 3 aromatic rings. The molecular formula is C18H13BrN4O3. The first kappa shape index (κ1) is 17.6. The lowest BCUT2D eigenvalue weighted by molar-refractivity contribution is -0.384. The number of hydrazone groups is 1. The first-order valence-corrected chi connectivity index (χ1v) is 8.35. The summed E-state index contributed by atoms with van der Waals surface area (Å²) in [6, 6.07) is 16.9. The van der Waals surface area contributed by atoms with E-state index in [0.29, 0.717) is 0 Å². The number of benzene rings is 2. The molecule has 0 aliphatic heterocycles. The van der Waals surface area contributed by atoms with Crippen LogP contribution in [0.1, 0.15) is 16.1 Å². The third kappa shape index (κ3) is 4.04.